The van der Waals surface area contributed by atoms with Gasteiger partial charge in [-0.3, -0.25) is 9.47 Å². The maximum Gasteiger partial charge on any atom is 0.257 e. The van der Waals surface area contributed by atoms with Crippen molar-refractivity contribution in [2.45, 2.75) is 50.1 Å². The van der Waals surface area contributed by atoms with Gasteiger partial charge in [0.05, 0.1) is 11.8 Å². The quantitative estimate of drug-likeness (QED) is 0.320. The van der Waals surface area contributed by atoms with Crippen LogP contribution in [0.3, 0.4) is 0 Å². The number of piperidine rings is 1. The molecule has 0 spiro atoms. The second-order valence-electron chi connectivity index (χ2n) is 8.60. The topological polar surface area (TPSA) is 72.9 Å². The number of nitrogens with zero attached hydrogens (tertiary/aromatic N) is 6. The van der Waals surface area contributed by atoms with E-state index in [0.717, 1.165) is 30.2 Å². The molecule has 34 heavy (non-hydrogen) atoms. The highest BCUT2D eigenvalue weighted by Gasteiger charge is 2.26. The molecule has 1 aliphatic heterocycles. The van der Waals surface area contributed by atoms with Crippen molar-refractivity contribution < 1.29 is 8.91 Å². The van der Waals surface area contributed by atoms with Crippen LogP contribution in [-0.4, -0.2) is 42.9 Å². The Kier molecular flexibility index (Phi) is 6.73. The maximum absolute atomic E-state index is 13.6. The molecular weight excluding hydrogens is 451 g/mol. The molecule has 0 saturated carbocycles. The second kappa shape index (κ2) is 10.1. The van der Waals surface area contributed by atoms with Gasteiger partial charge >= 0.3 is 0 Å². The Morgan fingerprint density at radius 2 is 1.74 bits per heavy atom. The zero-order chi connectivity index (χ0) is 23.5. The molecule has 2 aromatic heterocycles. The van der Waals surface area contributed by atoms with E-state index in [9.17, 15) is 4.39 Å². The van der Waals surface area contributed by atoms with Crippen LogP contribution in [0.15, 0.2) is 58.2 Å². The van der Waals surface area contributed by atoms with Gasteiger partial charge < -0.3 is 4.52 Å². The Morgan fingerprint density at radius 3 is 2.47 bits per heavy atom. The summed E-state index contributed by atoms with van der Waals surface area (Å²) in [6.45, 7) is 6.29. The maximum atomic E-state index is 13.6. The molecule has 3 heterocycles. The molecular formula is C25H27FN6OS. The van der Waals surface area contributed by atoms with E-state index in [0.29, 0.717) is 22.6 Å². The number of thioether (sulfide) groups is 1. The highest BCUT2D eigenvalue weighted by molar-refractivity contribution is 7.98. The summed E-state index contributed by atoms with van der Waals surface area (Å²) in [6.07, 6.45) is 3.65. The Labute approximate surface area is 202 Å². The summed E-state index contributed by atoms with van der Waals surface area (Å²) in [5, 5.41) is 13.9. The monoisotopic (exact) mass is 478 g/mol. The highest BCUT2D eigenvalue weighted by Crippen LogP contribution is 2.31. The van der Waals surface area contributed by atoms with E-state index in [2.05, 4.69) is 32.2 Å². The van der Waals surface area contributed by atoms with Gasteiger partial charge in [0.25, 0.3) is 5.89 Å². The fourth-order valence-electron chi connectivity index (χ4n) is 4.20. The SMILES string of the molecule is Cc1ccc(-c2nc(CSc3nnc(C(C)N4CCCCC4)n3-c3ccc(F)cc3)no2)cc1. The predicted molar refractivity (Wildman–Crippen MR) is 129 cm³/mol. The number of hydrogen-bond acceptors (Lipinski definition) is 7. The van der Waals surface area contributed by atoms with Crippen LogP contribution in [0.1, 0.15) is 49.4 Å². The molecule has 1 aliphatic rings. The molecule has 1 fully saturated rings. The summed E-state index contributed by atoms with van der Waals surface area (Å²) in [6, 6.07) is 14.5. The van der Waals surface area contributed by atoms with E-state index < -0.39 is 0 Å². The summed E-state index contributed by atoms with van der Waals surface area (Å²) in [5.41, 5.74) is 2.90. The van der Waals surface area contributed by atoms with E-state index in [1.54, 1.807) is 12.1 Å². The highest BCUT2D eigenvalue weighted by atomic mass is 32.2. The van der Waals surface area contributed by atoms with Gasteiger partial charge in [-0.2, -0.15) is 4.98 Å². The summed E-state index contributed by atoms with van der Waals surface area (Å²) < 4.78 is 21.1. The lowest BCUT2D eigenvalue weighted by molar-refractivity contribution is 0.167. The minimum atomic E-state index is -0.271. The van der Waals surface area contributed by atoms with E-state index in [1.165, 1.54) is 48.7 Å². The van der Waals surface area contributed by atoms with Gasteiger partial charge in [0.2, 0.25) is 0 Å². The van der Waals surface area contributed by atoms with Crippen molar-refractivity contribution in [3.05, 3.63) is 71.6 Å². The van der Waals surface area contributed by atoms with E-state index in [1.807, 2.05) is 35.8 Å². The molecule has 1 unspecified atom stereocenters. The molecule has 9 heteroatoms. The van der Waals surface area contributed by atoms with Crippen LogP contribution in [0.5, 0.6) is 0 Å². The van der Waals surface area contributed by atoms with E-state index >= 15 is 0 Å². The Bertz CT molecular complexity index is 1230. The van der Waals surface area contributed by atoms with Gasteiger partial charge in [0.1, 0.15) is 5.82 Å². The molecule has 0 aliphatic carbocycles. The van der Waals surface area contributed by atoms with Gasteiger partial charge in [0.15, 0.2) is 16.8 Å². The molecule has 0 amide bonds. The average molecular weight is 479 g/mol. The van der Waals surface area contributed by atoms with Crippen LogP contribution in [-0.2, 0) is 5.75 Å². The minimum absolute atomic E-state index is 0.102. The van der Waals surface area contributed by atoms with Crippen molar-refractivity contribution in [3.63, 3.8) is 0 Å². The number of likely N-dealkylation sites (tertiary alicyclic amines) is 1. The normalized spacial score (nSPS) is 15.5. The number of benzene rings is 2. The fourth-order valence-corrected chi connectivity index (χ4v) is 5.00. The van der Waals surface area contributed by atoms with Crippen LogP contribution >= 0.6 is 11.8 Å². The zero-order valence-electron chi connectivity index (χ0n) is 19.3. The molecule has 5 rings (SSSR count). The zero-order valence-corrected chi connectivity index (χ0v) is 20.1. The first-order valence-electron chi connectivity index (χ1n) is 11.6. The van der Waals surface area contributed by atoms with Crippen molar-refractivity contribution in [2.75, 3.05) is 13.1 Å². The summed E-state index contributed by atoms with van der Waals surface area (Å²) in [7, 11) is 0. The average Bonchev–Trinajstić information content (AvgIpc) is 3.51. The van der Waals surface area contributed by atoms with Crippen LogP contribution < -0.4 is 0 Å². The molecule has 0 bridgehead atoms. The molecule has 1 atom stereocenters. The van der Waals surface area contributed by atoms with Gasteiger partial charge in [-0.25, -0.2) is 4.39 Å². The molecule has 1 saturated heterocycles. The van der Waals surface area contributed by atoms with Crippen molar-refractivity contribution in [3.8, 4) is 17.1 Å². The van der Waals surface area contributed by atoms with E-state index in [4.69, 9.17) is 4.52 Å². The third kappa shape index (κ3) is 4.90. The second-order valence-corrected chi connectivity index (χ2v) is 9.54. The summed E-state index contributed by atoms with van der Waals surface area (Å²) >= 11 is 1.49. The van der Waals surface area contributed by atoms with Crippen molar-refractivity contribution in [1.82, 2.24) is 29.8 Å². The van der Waals surface area contributed by atoms with Gasteiger partial charge in [-0.15, -0.1) is 10.2 Å². The molecule has 7 nitrogen and oxygen atoms in total. The lowest BCUT2D eigenvalue weighted by Crippen LogP contribution is -2.33. The third-order valence-electron chi connectivity index (χ3n) is 6.15. The van der Waals surface area contributed by atoms with Gasteiger partial charge in [-0.05, 0) is 76.2 Å². The van der Waals surface area contributed by atoms with E-state index in [-0.39, 0.29) is 11.9 Å². The molecule has 0 radical (unpaired) electrons. The lowest BCUT2D eigenvalue weighted by atomic mass is 10.1. The molecule has 2 aromatic carbocycles. The summed E-state index contributed by atoms with van der Waals surface area (Å²) in [4.78, 5) is 6.98. The van der Waals surface area contributed by atoms with Crippen molar-refractivity contribution in [1.29, 1.82) is 0 Å². The lowest BCUT2D eigenvalue weighted by Gasteiger charge is -2.31. The number of rotatable bonds is 7. The molecule has 4 aromatic rings. The van der Waals surface area contributed by atoms with Crippen molar-refractivity contribution in [2.24, 2.45) is 0 Å². The fraction of sp³-hybridized carbons (Fsp3) is 0.360. The Hall–Kier alpha value is -3.04. The Morgan fingerprint density at radius 1 is 1.00 bits per heavy atom. The standard InChI is InChI=1S/C25H27FN6OS/c1-17-6-8-19(9-7-17)24-27-22(30-33-24)16-34-25-29-28-23(18(2)31-14-4-3-5-15-31)32(25)21-12-10-20(26)11-13-21/h6-13,18H,3-5,14-16H2,1-2H3. The number of hydrogen-bond donors (Lipinski definition) is 0. The third-order valence-corrected chi connectivity index (χ3v) is 7.08. The van der Waals surface area contributed by atoms with Gasteiger partial charge in [-0.1, -0.05) is 41.0 Å². The summed E-state index contributed by atoms with van der Waals surface area (Å²) in [5.74, 6) is 2.14. The van der Waals surface area contributed by atoms with Crippen LogP contribution in [0.25, 0.3) is 17.1 Å². The van der Waals surface area contributed by atoms with Gasteiger partial charge in [0, 0.05) is 11.3 Å². The minimum Gasteiger partial charge on any atom is -0.334 e. The first kappa shape index (κ1) is 22.7. The number of halogens is 1. The van der Waals surface area contributed by atoms with Crippen LogP contribution in [0, 0.1) is 12.7 Å². The van der Waals surface area contributed by atoms with Crippen LogP contribution in [0.2, 0.25) is 0 Å². The number of aromatic nitrogens is 5. The molecule has 176 valence electrons. The first-order chi connectivity index (χ1) is 16.6. The number of aryl methyl sites for hydroxylation is 1. The van der Waals surface area contributed by atoms with Crippen LogP contribution in [0.4, 0.5) is 4.39 Å². The smallest absolute Gasteiger partial charge is 0.257 e. The Balaban J connectivity index is 1.39. The van der Waals surface area contributed by atoms with Crippen molar-refractivity contribution >= 4 is 11.8 Å². The molecule has 0 N–H and O–H groups in total. The predicted octanol–water partition coefficient (Wildman–Crippen LogP) is 5.60. The first-order valence-corrected chi connectivity index (χ1v) is 12.5. The largest absolute Gasteiger partial charge is 0.334 e.